The fraction of sp³-hybridized carbons (Fsp3) is 0.500. The van der Waals surface area contributed by atoms with Gasteiger partial charge in [-0.05, 0) is 26.0 Å². The van der Waals surface area contributed by atoms with Crippen LogP contribution in [-0.4, -0.2) is 19.3 Å². The van der Waals surface area contributed by atoms with Crippen LogP contribution in [0.15, 0.2) is 12.1 Å². The van der Waals surface area contributed by atoms with E-state index in [2.05, 4.69) is 0 Å². The van der Waals surface area contributed by atoms with Gasteiger partial charge in [-0.25, -0.2) is 4.39 Å². The van der Waals surface area contributed by atoms with Crippen LogP contribution >= 0.6 is 0 Å². The van der Waals surface area contributed by atoms with Crippen LogP contribution in [0.3, 0.4) is 0 Å². The molecule has 0 aliphatic heterocycles. The molecule has 0 unspecified atom stereocenters. The molecular formula is C12H17FO3. The normalized spacial score (nSPS) is 11.4. The summed E-state index contributed by atoms with van der Waals surface area (Å²) in [5, 5.41) is 9.13. The van der Waals surface area contributed by atoms with Crippen LogP contribution in [0.2, 0.25) is 0 Å². The number of rotatable bonds is 4. The van der Waals surface area contributed by atoms with Gasteiger partial charge in [0.1, 0.15) is 17.2 Å². The molecule has 3 nitrogen and oxygen atoms in total. The number of alkyl halides is 1. The Kier molecular flexibility index (Phi) is 3.75. The SMILES string of the molecule is COc1cc(C(C)(C)F)c(OC)cc1CO. The molecule has 0 spiro atoms. The first kappa shape index (κ1) is 12.8. The van der Waals surface area contributed by atoms with Gasteiger partial charge in [-0.2, -0.15) is 0 Å². The second kappa shape index (κ2) is 4.70. The van der Waals surface area contributed by atoms with Gasteiger partial charge in [0.2, 0.25) is 0 Å². The van der Waals surface area contributed by atoms with E-state index in [1.807, 2.05) is 0 Å². The van der Waals surface area contributed by atoms with Crippen molar-refractivity contribution >= 4 is 0 Å². The van der Waals surface area contributed by atoms with Crippen molar-refractivity contribution in [2.24, 2.45) is 0 Å². The first-order valence-electron chi connectivity index (χ1n) is 4.99. The molecular weight excluding hydrogens is 211 g/mol. The lowest BCUT2D eigenvalue weighted by molar-refractivity contribution is 0.211. The molecule has 0 amide bonds. The monoisotopic (exact) mass is 228 g/mol. The fourth-order valence-corrected chi connectivity index (χ4v) is 1.55. The highest BCUT2D eigenvalue weighted by Crippen LogP contribution is 2.37. The zero-order chi connectivity index (χ0) is 12.3. The Morgan fingerprint density at radius 2 is 1.75 bits per heavy atom. The average Bonchev–Trinajstić information content (AvgIpc) is 2.25. The molecule has 0 bridgehead atoms. The van der Waals surface area contributed by atoms with Crippen molar-refractivity contribution in [3.05, 3.63) is 23.3 Å². The number of aliphatic hydroxyl groups excluding tert-OH is 1. The highest BCUT2D eigenvalue weighted by atomic mass is 19.1. The van der Waals surface area contributed by atoms with Crippen molar-refractivity contribution in [2.45, 2.75) is 26.1 Å². The summed E-state index contributed by atoms with van der Waals surface area (Å²) in [4.78, 5) is 0. The number of ether oxygens (including phenoxy) is 2. The molecule has 0 radical (unpaired) electrons. The second-order valence-electron chi connectivity index (χ2n) is 3.99. The number of hydrogen-bond donors (Lipinski definition) is 1. The van der Waals surface area contributed by atoms with Gasteiger partial charge < -0.3 is 14.6 Å². The molecule has 0 saturated heterocycles. The average molecular weight is 228 g/mol. The topological polar surface area (TPSA) is 38.7 Å². The quantitative estimate of drug-likeness (QED) is 0.860. The van der Waals surface area contributed by atoms with Crippen LogP contribution in [0.4, 0.5) is 4.39 Å². The summed E-state index contributed by atoms with van der Waals surface area (Å²) in [6.45, 7) is 2.72. The Hall–Kier alpha value is -1.29. The molecule has 1 N–H and O–H groups in total. The lowest BCUT2D eigenvalue weighted by Crippen LogP contribution is -2.12. The second-order valence-corrected chi connectivity index (χ2v) is 3.99. The van der Waals surface area contributed by atoms with Gasteiger partial charge in [-0.3, -0.25) is 0 Å². The van der Waals surface area contributed by atoms with Gasteiger partial charge in [-0.1, -0.05) is 0 Å². The first-order valence-corrected chi connectivity index (χ1v) is 4.99. The smallest absolute Gasteiger partial charge is 0.134 e. The predicted molar refractivity (Wildman–Crippen MR) is 59.6 cm³/mol. The summed E-state index contributed by atoms with van der Waals surface area (Å²) in [6.07, 6.45) is 0. The van der Waals surface area contributed by atoms with Crippen LogP contribution in [-0.2, 0) is 12.3 Å². The number of benzene rings is 1. The van der Waals surface area contributed by atoms with Crippen molar-refractivity contribution in [3.63, 3.8) is 0 Å². The maximum atomic E-state index is 13.9. The molecule has 0 aromatic heterocycles. The minimum Gasteiger partial charge on any atom is -0.496 e. The Bertz CT molecular complexity index is 369. The van der Waals surface area contributed by atoms with Gasteiger partial charge in [0.25, 0.3) is 0 Å². The molecule has 1 aromatic rings. The van der Waals surface area contributed by atoms with Crippen LogP contribution in [0.1, 0.15) is 25.0 Å². The number of hydrogen-bond acceptors (Lipinski definition) is 3. The van der Waals surface area contributed by atoms with E-state index in [0.717, 1.165) is 0 Å². The van der Waals surface area contributed by atoms with Gasteiger partial charge in [0.15, 0.2) is 0 Å². The molecule has 0 aliphatic rings. The summed E-state index contributed by atoms with van der Waals surface area (Å²) in [7, 11) is 2.95. The number of aliphatic hydroxyl groups is 1. The van der Waals surface area contributed by atoms with Gasteiger partial charge in [0, 0.05) is 11.1 Å². The molecule has 0 atom stereocenters. The summed E-state index contributed by atoms with van der Waals surface area (Å²) >= 11 is 0. The van der Waals surface area contributed by atoms with Crippen LogP contribution in [0, 0.1) is 0 Å². The third-order valence-corrected chi connectivity index (χ3v) is 2.41. The third kappa shape index (κ3) is 2.44. The lowest BCUT2D eigenvalue weighted by atomic mass is 9.97. The molecule has 0 saturated carbocycles. The Morgan fingerprint density at radius 1 is 1.19 bits per heavy atom. The summed E-state index contributed by atoms with van der Waals surface area (Å²) in [5.41, 5.74) is -0.538. The van der Waals surface area contributed by atoms with Crippen molar-refractivity contribution in [3.8, 4) is 11.5 Å². The Morgan fingerprint density at radius 3 is 2.12 bits per heavy atom. The molecule has 90 valence electrons. The molecule has 0 aliphatic carbocycles. The van der Waals surface area contributed by atoms with Gasteiger partial charge in [-0.15, -0.1) is 0 Å². The Balaban J connectivity index is 3.38. The largest absolute Gasteiger partial charge is 0.496 e. The molecule has 4 heteroatoms. The predicted octanol–water partition coefficient (Wildman–Crippen LogP) is 2.40. The van der Waals surface area contributed by atoms with E-state index in [9.17, 15) is 4.39 Å². The highest BCUT2D eigenvalue weighted by molar-refractivity contribution is 5.48. The van der Waals surface area contributed by atoms with Crippen molar-refractivity contribution < 1.29 is 19.0 Å². The molecule has 1 aromatic carbocycles. The van der Waals surface area contributed by atoms with Crippen molar-refractivity contribution in [2.75, 3.05) is 14.2 Å². The van der Waals surface area contributed by atoms with E-state index in [1.165, 1.54) is 28.1 Å². The van der Waals surface area contributed by atoms with E-state index in [4.69, 9.17) is 14.6 Å². The maximum Gasteiger partial charge on any atom is 0.134 e. The van der Waals surface area contributed by atoms with Crippen LogP contribution in [0.5, 0.6) is 11.5 Å². The zero-order valence-corrected chi connectivity index (χ0v) is 10.0. The molecule has 0 fully saturated rings. The maximum absolute atomic E-state index is 13.9. The zero-order valence-electron chi connectivity index (χ0n) is 10.0. The summed E-state index contributed by atoms with van der Waals surface area (Å²) < 4.78 is 24.1. The van der Waals surface area contributed by atoms with Crippen molar-refractivity contribution in [1.82, 2.24) is 0 Å². The van der Waals surface area contributed by atoms with E-state index in [-0.39, 0.29) is 6.61 Å². The molecule has 1 rings (SSSR count). The Labute approximate surface area is 94.8 Å². The van der Waals surface area contributed by atoms with E-state index < -0.39 is 5.67 Å². The van der Waals surface area contributed by atoms with E-state index in [0.29, 0.717) is 22.6 Å². The summed E-state index contributed by atoms with van der Waals surface area (Å²) in [5.74, 6) is 0.876. The van der Waals surface area contributed by atoms with Crippen LogP contribution in [0.25, 0.3) is 0 Å². The minimum absolute atomic E-state index is 0.174. The number of methoxy groups -OCH3 is 2. The number of halogens is 1. The highest BCUT2D eigenvalue weighted by Gasteiger charge is 2.25. The lowest BCUT2D eigenvalue weighted by Gasteiger charge is -2.20. The van der Waals surface area contributed by atoms with E-state index >= 15 is 0 Å². The minimum atomic E-state index is -1.52. The third-order valence-electron chi connectivity index (χ3n) is 2.41. The van der Waals surface area contributed by atoms with Crippen molar-refractivity contribution in [1.29, 1.82) is 0 Å². The van der Waals surface area contributed by atoms with Crippen LogP contribution < -0.4 is 9.47 Å². The fourth-order valence-electron chi connectivity index (χ4n) is 1.55. The van der Waals surface area contributed by atoms with Gasteiger partial charge >= 0.3 is 0 Å². The van der Waals surface area contributed by atoms with E-state index in [1.54, 1.807) is 12.1 Å². The molecule has 0 heterocycles. The van der Waals surface area contributed by atoms with Gasteiger partial charge in [0.05, 0.1) is 20.8 Å². The summed E-state index contributed by atoms with van der Waals surface area (Å²) in [6, 6.07) is 3.15. The molecule has 16 heavy (non-hydrogen) atoms. The standard InChI is InChI=1S/C12H17FO3/c1-12(2,13)9-6-10(15-3)8(7-14)5-11(9)16-4/h5-6,14H,7H2,1-4H3. The first-order chi connectivity index (χ1) is 7.43.